The molecule has 0 aliphatic heterocycles. The predicted molar refractivity (Wildman–Crippen MR) is 92.3 cm³/mol. The fourth-order valence-electron chi connectivity index (χ4n) is 1.76. The van der Waals surface area contributed by atoms with Gasteiger partial charge in [-0.3, -0.25) is 0 Å². The zero-order valence-corrected chi connectivity index (χ0v) is 14.8. The third kappa shape index (κ3) is 6.50. The van der Waals surface area contributed by atoms with Crippen molar-refractivity contribution in [3.05, 3.63) is 0 Å². The van der Waals surface area contributed by atoms with Gasteiger partial charge in [0.1, 0.15) is 0 Å². The Hall–Kier alpha value is -1.04. The topological polar surface area (TPSA) is 53.9 Å². The van der Waals surface area contributed by atoms with Crippen LogP contribution >= 0.6 is 11.8 Å². The van der Waals surface area contributed by atoms with E-state index in [1.54, 1.807) is 11.8 Å². The Labute approximate surface area is 133 Å². The molecule has 0 atom stereocenters. The molecule has 6 heteroatoms. The first kappa shape index (κ1) is 18.0. The second-order valence-electron chi connectivity index (χ2n) is 5.37. The van der Waals surface area contributed by atoms with Crippen molar-refractivity contribution in [2.45, 2.75) is 52.6 Å². The molecule has 0 aliphatic carbocycles. The SMILES string of the molecule is CCCNc1nc(SCCC(C)C)nc(N(CC)CC)n1. The fraction of sp³-hybridized carbons (Fsp3) is 0.800. The van der Waals surface area contributed by atoms with Crippen molar-refractivity contribution in [1.82, 2.24) is 15.0 Å². The van der Waals surface area contributed by atoms with Gasteiger partial charge in [0.15, 0.2) is 5.16 Å². The Balaban J connectivity index is 2.86. The van der Waals surface area contributed by atoms with Gasteiger partial charge in [0.05, 0.1) is 0 Å². The van der Waals surface area contributed by atoms with Crippen molar-refractivity contribution in [3.8, 4) is 0 Å². The Morgan fingerprint density at radius 1 is 1.10 bits per heavy atom. The fourth-order valence-corrected chi connectivity index (χ4v) is 2.83. The van der Waals surface area contributed by atoms with Crippen LogP contribution in [0.15, 0.2) is 5.16 Å². The second-order valence-corrected chi connectivity index (χ2v) is 6.43. The highest BCUT2D eigenvalue weighted by molar-refractivity contribution is 7.99. The quantitative estimate of drug-likeness (QED) is 0.665. The van der Waals surface area contributed by atoms with Crippen LogP contribution in [0.2, 0.25) is 0 Å². The molecule has 0 saturated heterocycles. The molecule has 1 rings (SSSR count). The van der Waals surface area contributed by atoms with E-state index in [-0.39, 0.29) is 0 Å². The van der Waals surface area contributed by atoms with E-state index in [2.05, 4.69) is 59.8 Å². The molecule has 0 aliphatic rings. The highest BCUT2D eigenvalue weighted by Gasteiger charge is 2.11. The maximum atomic E-state index is 4.61. The van der Waals surface area contributed by atoms with E-state index in [4.69, 9.17) is 0 Å². The highest BCUT2D eigenvalue weighted by Crippen LogP contribution is 2.20. The Morgan fingerprint density at radius 3 is 2.38 bits per heavy atom. The van der Waals surface area contributed by atoms with Crippen molar-refractivity contribution in [2.75, 3.05) is 35.6 Å². The average Bonchev–Trinajstić information content (AvgIpc) is 2.46. The zero-order valence-electron chi connectivity index (χ0n) is 14.0. The number of thioether (sulfide) groups is 1. The molecule has 120 valence electrons. The maximum Gasteiger partial charge on any atom is 0.231 e. The summed E-state index contributed by atoms with van der Waals surface area (Å²) in [6.07, 6.45) is 2.23. The lowest BCUT2D eigenvalue weighted by atomic mass is 10.2. The van der Waals surface area contributed by atoms with E-state index in [0.29, 0.717) is 11.9 Å². The number of hydrogen-bond acceptors (Lipinski definition) is 6. The molecule has 0 radical (unpaired) electrons. The van der Waals surface area contributed by atoms with E-state index in [1.165, 1.54) is 6.42 Å². The lowest BCUT2D eigenvalue weighted by molar-refractivity contribution is 0.631. The Kier molecular flexibility index (Phi) is 8.42. The van der Waals surface area contributed by atoms with Gasteiger partial charge in [0, 0.05) is 25.4 Å². The minimum Gasteiger partial charge on any atom is -0.354 e. The molecule has 1 aromatic rings. The van der Waals surface area contributed by atoms with E-state index >= 15 is 0 Å². The highest BCUT2D eigenvalue weighted by atomic mass is 32.2. The zero-order chi connectivity index (χ0) is 15.7. The van der Waals surface area contributed by atoms with E-state index in [9.17, 15) is 0 Å². The molecule has 0 spiro atoms. The van der Waals surface area contributed by atoms with Crippen molar-refractivity contribution in [3.63, 3.8) is 0 Å². The van der Waals surface area contributed by atoms with Crippen LogP contribution in [0.1, 0.15) is 47.5 Å². The molecule has 5 nitrogen and oxygen atoms in total. The summed E-state index contributed by atoms with van der Waals surface area (Å²) < 4.78 is 0. The number of hydrogen-bond donors (Lipinski definition) is 1. The summed E-state index contributed by atoms with van der Waals surface area (Å²) in [5.74, 6) is 3.23. The number of nitrogens with zero attached hydrogens (tertiary/aromatic N) is 4. The summed E-state index contributed by atoms with van der Waals surface area (Å²) in [4.78, 5) is 15.8. The summed E-state index contributed by atoms with van der Waals surface area (Å²) in [5, 5.41) is 4.10. The summed E-state index contributed by atoms with van der Waals surface area (Å²) in [5.41, 5.74) is 0. The first-order chi connectivity index (χ1) is 10.1. The van der Waals surface area contributed by atoms with Gasteiger partial charge in [0.25, 0.3) is 0 Å². The van der Waals surface area contributed by atoms with Crippen LogP contribution < -0.4 is 10.2 Å². The summed E-state index contributed by atoms with van der Waals surface area (Å²) in [7, 11) is 0. The molecule has 1 aromatic heterocycles. The number of aromatic nitrogens is 3. The second kappa shape index (κ2) is 9.82. The smallest absolute Gasteiger partial charge is 0.231 e. The first-order valence-corrected chi connectivity index (χ1v) is 8.96. The number of nitrogens with one attached hydrogen (secondary N) is 1. The van der Waals surface area contributed by atoms with Crippen LogP contribution in [0.5, 0.6) is 0 Å². The third-order valence-electron chi connectivity index (χ3n) is 3.11. The molecule has 0 bridgehead atoms. The molecule has 0 fully saturated rings. The van der Waals surface area contributed by atoms with Crippen molar-refractivity contribution in [2.24, 2.45) is 5.92 Å². The molecule has 0 amide bonds. The minimum atomic E-state index is 0.695. The summed E-state index contributed by atoms with van der Waals surface area (Å²) in [6.45, 7) is 13.6. The molecular formula is C15H29N5S. The Bertz CT molecular complexity index is 407. The molecule has 1 heterocycles. The van der Waals surface area contributed by atoms with Gasteiger partial charge < -0.3 is 10.2 Å². The largest absolute Gasteiger partial charge is 0.354 e. The number of anilines is 2. The van der Waals surface area contributed by atoms with Gasteiger partial charge in [-0.15, -0.1) is 0 Å². The van der Waals surface area contributed by atoms with E-state index < -0.39 is 0 Å². The van der Waals surface area contributed by atoms with Gasteiger partial charge in [-0.1, -0.05) is 32.5 Å². The monoisotopic (exact) mass is 311 g/mol. The molecule has 0 aromatic carbocycles. The first-order valence-electron chi connectivity index (χ1n) is 7.98. The van der Waals surface area contributed by atoms with Crippen LogP contribution in [0.4, 0.5) is 11.9 Å². The minimum absolute atomic E-state index is 0.695. The lowest BCUT2D eigenvalue weighted by Gasteiger charge is -2.19. The maximum absolute atomic E-state index is 4.61. The third-order valence-corrected chi connectivity index (χ3v) is 3.99. The van der Waals surface area contributed by atoms with Crippen LogP contribution in [0, 0.1) is 5.92 Å². The molecule has 21 heavy (non-hydrogen) atoms. The van der Waals surface area contributed by atoms with Crippen molar-refractivity contribution in [1.29, 1.82) is 0 Å². The number of rotatable bonds is 10. The van der Waals surface area contributed by atoms with E-state index in [0.717, 1.165) is 42.9 Å². The molecule has 0 unspecified atom stereocenters. The normalized spacial score (nSPS) is 11.0. The molecule has 0 saturated carbocycles. The molecular weight excluding hydrogens is 282 g/mol. The van der Waals surface area contributed by atoms with Crippen LogP contribution in [0.3, 0.4) is 0 Å². The van der Waals surface area contributed by atoms with Gasteiger partial charge in [-0.25, -0.2) is 0 Å². The summed E-state index contributed by atoms with van der Waals surface area (Å²) >= 11 is 1.72. The van der Waals surface area contributed by atoms with Crippen LogP contribution in [-0.4, -0.2) is 40.3 Å². The van der Waals surface area contributed by atoms with Gasteiger partial charge in [0.2, 0.25) is 11.9 Å². The van der Waals surface area contributed by atoms with E-state index in [1.807, 2.05) is 0 Å². The van der Waals surface area contributed by atoms with Crippen LogP contribution in [0.25, 0.3) is 0 Å². The lowest BCUT2D eigenvalue weighted by Crippen LogP contribution is -2.25. The molecule has 1 N–H and O–H groups in total. The van der Waals surface area contributed by atoms with Gasteiger partial charge >= 0.3 is 0 Å². The van der Waals surface area contributed by atoms with Crippen molar-refractivity contribution >= 4 is 23.7 Å². The van der Waals surface area contributed by atoms with Crippen molar-refractivity contribution < 1.29 is 0 Å². The predicted octanol–water partition coefficient (Wildman–Crippen LogP) is 3.68. The summed E-state index contributed by atoms with van der Waals surface area (Å²) in [6, 6.07) is 0. The van der Waals surface area contributed by atoms with Gasteiger partial charge in [-0.05, 0) is 32.6 Å². The van der Waals surface area contributed by atoms with Crippen LogP contribution in [-0.2, 0) is 0 Å². The standard InChI is InChI=1S/C15H29N5S/c1-6-10-16-13-17-14(20(7-2)8-3)19-15(18-13)21-11-9-12(4)5/h12H,6-11H2,1-5H3,(H,16,17,18,19). The Morgan fingerprint density at radius 2 is 1.81 bits per heavy atom. The van der Waals surface area contributed by atoms with Gasteiger partial charge in [-0.2, -0.15) is 15.0 Å². The average molecular weight is 311 g/mol.